The van der Waals surface area contributed by atoms with Gasteiger partial charge in [0.2, 0.25) is 5.91 Å². The van der Waals surface area contributed by atoms with E-state index in [-0.39, 0.29) is 25.5 Å². The Balaban J connectivity index is 1.44. The van der Waals surface area contributed by atoms with E-state index in [1.807, 2.05) is 41.8 Å². The molecule has 3 heterocycles. The second-order valence-corrected chi connectivity index (χ2v) is 7.48. The molecule has 0 radical (unpaired) electrons. The molecule has 2 aromatic heterocycles. The van der Waals surface area contributed by atoms with Gasteiger partial charge in [0, 0.05) is 29.8 Å². The highest BCUT2D eigenvalue weighted by Crippen LogP contribution is 2.29. The second kappa shape index (κ2) is 7.46. The summed E-state index contributed by atoms with van der Waals surface area (Å²) in [6.07, 6.45) is 4.15. The first-order valence-electron chi connectivity index (χ1n) is 8.65. The highest BCUT2D eigenvalue weighted by molar-refractivity contribution is 7.13. The number of hydrogen-bond acceptors (Lipinski definition) is 6. The third kappa shape index (κ3) is 3.84. The number of aromatic nitrogens is 2. The first kappa shape index (κ1) is 17.6. The molecule has 0 spiro atoms. The molecule has 0 fully saturated rings. The van der Waals surface area contributed by atoms with Crippen LogP contribution in [-0.4, -0.2) is 39.7 Å². The standard InChI is InChI=1S/C20H19N3O3S/c24-12-20(9-14-4-1-2-6-17(14)26-13-20)23-18(25)8-16-11-27-19(22-16)15-5-3-7-21-10-15/h1-7,10-11,24H,8-9,12-13H2,(H,23,25). The van der Waals surface area contributed by atoms with Gasteiger partial charge >= 0.3 is 0 Å². The zero-order valence-electron chi connectivity index (χ0n) is 14.6. The van der Waals surface area contributed by atoms with Crippen molar-refractivity contribution in [2.24, 2.45) is 0 Å². The molecule has 4 rings (SSSR count). The Morgan fingerprint density at radius 3 is 3.00 bits per heavy atom. The largest absolute Gasteiger partial charge is 0.491 e. The fourth-order valence-electron chi connectivity index (χ4n) is 3.16. The molecular formula is C20H19N3O3S. The fraction of sp³-hybridized carbons (Fsp3) is 0.250. The number of ether oxygens (including phenoxy) is 1. The lowest BCUT2D eigenvalue weighted by Gasteiger charge is -2.37. The summed E-state index contributed by atoms with van der Waals surface area (Å²) in [5, 5.41) is 15.6. The quantitative estimate of drug-likeness (QED) is 0.708. The number of amides is 1. The average Bonchev–Trinajstić information content (AvgIpc) is 3.17. The van der Waals surface area contributed by atoms with Crippen molar-refractivity contribution in [3.63, 3.8) is 0 Å². The van der Waals surface area contributed by atoms with Crippen molar-refractivity contribution in [3.8, 4) is 16.3 Å². The molecule has 27 heavy (non-hydrogen) atoms. The number of aliphatic hydroxyl groups excluding tert-OH is 1. The summed E-state index contributed by atoms with van der Waals surface area (Å²) < 4.78 is 5.75. The molecule has 1 amide bonds. The molecule has 0 bridgehead atoms. The molecule has 138 valence electrons. The normalized spacial score (nSPS) is 18.4. The number of carbonyl (C=O) groups is 1. The van der Waals surface area contributed by atoms with Gasteiger partial charge < -0.3 is 15.2 Å². The van der Waals surface area contributed by atoms with Crippen LogP contribution in [0.5, 0.6) is 5.75 Å². The number of thiazole rings is 1. The monoisotopic (exact) mass is 381 g/mol. The van der Waals surface area contributed by atoms with Gasteiger partial charge in [0.05, 0.1) is 18.7 Å². The Labute approximate surface area is 160 Å². The lowest BCUT2D eigenvalue weighted by atomic mass is 9.89. The van der Waals surface area contributed by atoms with E-state index in [4.69, 9.17) is 4.74 Å². The van der Waals surface area contributed by atoms with Gasteiger partial charge in [0.1, 0.15) is 22.9 Å². The molecule has 0 saturated carbocycles. The second-order valence-electron chi connectivity index (χ2n) is 6.62. The Morgan fingerprint density at radius 2 is 2.19 bits per heavy atom. The maximum absolute atomic E-state index is 12.6. The van der Waals surface area contributed by atoms with E-state index in [0.29, 0.717) is 12.1 Å². The third-order valence-corrected chi connectivity index (χ3v) is 5.45. The van der Waals surface area contributed by atoms with Crippen molar-refractivity contribution in [1.82, 2.24) is 15.3 Å². The minimum absolute atomic E-state index is 0.153. The van der Waals surface area contributed by atoms with E-state index >= 15 is 0 Å². The van der Waals surface area contributed by atoms with Crippen molar-refractivity contribution in [1.29, 1.82) is 0 Å². The number of benzene rings is 1. The Kier molecular flexibility index (Phi) is 4.87. The molecule has 1 unspecified atom stereocenters. The predicted octanol–water partition coefficient (Wildman–Crippen LogP) is 2.23. The van der Waals surface area contributed by atoms with E-state index in [2.05, 4.69) is 15.3 Å². The summed E-state index contributed by atoms with van der Waals surface area (Å²) >= 11 is 1.48. The van der Waals surface area contributed by atoms with E-state index in [1.165, 1.54) is 11.3 Å². The van der Waals surface area contributed by atoms with Crippen LogP contribution >= 0.6 is 11.3 Å². The van der Waals surface area contributed by atoms with Crippen molar-refractivity contribution in [3.05, 3.63) is 65.4 Å². The zero-order valence-corrected chi connectivity index (χ0v) is 15.4. The summed E-state index contributed by atoms with van der Waals surface area (Å²) in [6, 6.07) is 11.5. The summed E-state index contributed by atoms with van der Waals surface area (Å²) in [5.74, 6) is 0.617. The number of hydrogen-bond donors (Lipinski definition) is 2. The molecular weight excluding hydrogens is 362 g/mol. The molecule has 0 saturated heterocycles. The summed E-state index contributed by atoms with van der Waals surface area (Å²) in [5.41, 5.74) is 1.79. The molecule has 3 aromatic rings. The Bertz CT molecular complexity index is 944. The Hall–Kier alpha value is -2.77. The molecule has 1 atom stereocenters. The number of fused-ring (bicyclic) bond motifs is 1. The van der Waals surface area contributed by atoms with Gasteiger partial charge in [-0.3, -0.25) is 9.78 Å². The van der Waals surface area contributed by atoms with Gasteiger partial charge in [-0.2, -0.15) is 0 Å². The molecule has 7 heteroatoms. The van der Waals surface area contributed by atoms with E-state index in [1.54, 1.807) is 12.4 Å². The van der Waals surface area contributed by atoms with Crippen molar-refractivity contribution < 1.29 is 14.6 Å². The van der Waals surface area contributed by atoms with Crippen LogP contribution in [0.2, 0.25) is 0 Å². The van der Waals surface area contributed by atoms with Crippen LogP contribution in [0, 0.1) is 0 Å². The van der Waals surface area contributed by atoms with Crippen molar-refractivity contribution in [2.45, 2.75) is 18.4 Å². The predicted molar refractivity (Wildman–Crippen MR) is 103 cm³/mol. The van der Waals surface area contributed by atoms with Crippen molar-refractivity contribution >= 4 is 17.2 Å². The van der Waals surface area contributed by atoms with Crippen LogP contribution in [0.25, 0.3) is 10.6 Å². The number of carbonyl (C=O) groups excluding carboxylic acids is 1. The maximum Gasteiger partial charge on any atom is 0.226 e. The van der Waals surface area contributed by atoms with Gasteiger partial charge in [0.25, 0.3) is 0 Å². The van der Waals surface area contributed by atoms with Crippen molar-refractivity contribution in [2.75, 3.05) is 13.2 Å². The molecule has 1 aliphatic heterocycles. The first-order chi connectivity index (χ1) is 13.2. The number of para-hydroxylation sites is 1. The van der Waals surface area contributed by atoms with E-state index < -0.39 is 5.54 Å². The van der Waals surface area contributed by atoms with Gasteiger partial charge in [-0.25, -0.2) is 4.98 Å². The molecule has 1 aliphatic rings. The van der Waals surface area contributed by atoms with Crippen LogP contribution in [-0.2, 0) is 17.6 Å². The number of nitrogens with one attached hydrogen (secondary N) is 1. The SMILES string of the molecule is O=C(Cc1csc(-c2cccnc2)n1)NC1(CO)COc2ccccc2C1. The third-order valence-electron chi connectivity index (χ3n) is 4.51. The topological polar surface area (TPSA) is 84.3 Å². The highest BCUT2D eigenvalue weighted by atomic mass is 32.1. The first-order valence-corrected chi connectivity index (χ1v) is 9.53. The fourth-order valence-corrected chi connectivity index (χ4v) is 3.97. The minimum atomic E-state index is -0.812. The molecule has 2 N–H and O–H groups in total. The Morgan fingerprint density at radius 1 is 1.30 bits per heavy atom. The van der Waals surface area contributed by atoms with Crippen LogP contribution in [0.15, 0.2) is 54.2 Å². The molecule has 1 aromatic carbocycles. The van der Waals surface area contributed by atoms with Crippen LogP contribution < -0.4 is 10.1 Å². The number of aliphatic hydroxyl groups is 1. The van der Waals surface area contributed by atoms with Gasteiger partial charge in [-0.15, -0.1) is 11.3 Å². The van der Waals surface area contributed by atoms with Crippen LogP contribution in [0.1, 0.15) is 11.3 Å². The number of rotatable bonds is 5. The lowest BCUT2D eigenvalue weighted by Crippen LogP contribution is -2.58. The zero-order chi connectivity index (χ0) is 18.7. The maximum atomic E-state index is 12.6. The molecule has 0 aliphatic carbocycles. The molecule has 6 nitrogen and oxygen atoms in total. The smallest absolute Gasteiger partial charge is 0.226 e. The van der Waals surface area contributed by atoms with E-state index in [9.17, 15) is 9.90 Å². The number of pyridine rings is 1. The van der Waals surface area contributed by atoms with Gasteiger partial charge in [-0.1, -0.05) is 18.2 Å². The van der Waals surface area contributed by atoms with Gasteiger partial charge in [0.15, 0.2) is 0 Å². The van der Waals surface area contributed by atoms with Crippen LogP contribution in [0.4, 0.5) is 0 Å². The lowest BCUT2D eigenvalue weighted by molar-refractivity contribution is -0.123. The highest BCUT2D eigenvalue weighted by Gasteiger charge is 2.36. The summed E-state index contributed by atoms with van der Waals surface area (Å²) in [6.45, 7) is 0.0509. The van der Waals surface area contributed by atoms with E-state index in [0.717, 1.165) is 21.9 Å². The average molecular weight is 381 g/mol. The summed E-state index contributed by atoms with van der Waals surface area (Å²) in [7, 11) is 0. The van der Waals surface area contributed by atoms with Crippen LogP contribution in [0.3, 0.4) is 0 Å². The van der Waals surface area contributed by atoms with Gasteiger partial charge in [-0.05, 0) is 23.8 Å². The summed E-state index contributed by atoms with van der Waals surface area (Å²) in [4.78, 5) is 21.2. The number of nitrogens with zero attached hydrogens (tertiary/aromatic N) is 2. The minimum Gasteiger partial charge on any atom is -0.491 e.